The van der Waals surface area contributed by atoms with Gasteiger partial charge in [-0.25, -0.2) is 0 Å². The number of anilines is 1. The van der Waals surface area contributed by atoms with Gasteiger partial charge in [0.05, 0.1) is 5.69 Å². The fraction of sp³-hybridized carbons (Fsp3) is 0.100. The van der Waals surface area contributed by atoms with Crippen molar-refractivity contribution in [3.05, 3.63) is 40.8 Å². The van der Waals surface area contributed by atoms with E-state index in [1.165, 1.54) is 12.3 Å². The number of aromatic nitrogens is 2. The molecule has 6 heteroatoms. The Hall–Kier alpha value is -1.88. The Morgan fingerprint density at radius 1 is 1.50 bits per heavy atom. The predicted molar refractivity (Wildman–Crippen MR) is 58.4 cm³/mol. The number of hydrogen-bond acceptors (Lipinski definition) is 4. The average molecular weight is 238 g/mol. The Labute approximate surface area is 96.4 Å². The number of nitrogens with zero attached hydrogens (tertiary/aromatic N) is 2. The first-order valence-electron chi connectivity index (χ1n) is 4.51. The summed E-state index contributed by atoms with van der Waals surface area (Å²) in [5, 5.41) is 6.61. The summed E-state index contributed by atoms with van der Waals surface area (Å²) in [7, 11) is 0. The third-order valence-electron chi connectivity index (χ3n) is 1.82. The van der Waals surface area contributed by atoms with Crippen LogP contribution in [0.1, 0.15) is 16.2 Å². The SMILES string of the molecule is Cc1cc(NC(=O)c2cc(Cl)ccn2)on1. The third-order valence-corrected chi connectivity index (χ3v) is 2.05. The van der Waals surface area contributed by atoms with Crippen molar-refractivity contribution in [3.8, 4) is 0 Å². The second-order valence-electron chi connectivity index (χ2n) is 3.15. The largest absolute Gasteiger partial charge is 0.338 e. The van der Waals surface area contributed by atoms with Crippen LogP contribution < -0.4 is 5.32 Å². The molecule has 0 atom stereocenters. The molecule has 0 saturated carbocycles. The standard InChI is InChI=1S/C10H8ClN3O2/c1-6-4-9(16-14-6)13-10(15)8-5-7(11)2-3-12-8/h2-5H,1H3,(H,13,15). The van der Waals surface area contributed by atoms with Crippen molar-refractivity contribution >= 4 is 23.4 Å². The molecular weight excluding hydrogens is 230 g/mol. The maximum Gasteiger partial charge on any atom is 0.276 e. The molecule has 0 unspecified atom stereocenters. The van der Waals surface area contributed by atoms with E-state index in [1.54, 1.807) is 19.1 Å². The van der Waals surface area contributed by atoms with Gasteiger partial charge in [0.25, 0.3) is 5.91 Å². The van der Waals surface area contributed by atoms with Crippen LogP contribution in [0.15, 0.2) is 28.9 Å². The molecule has 0 fully saturated rings. The van der Waals surface area contributed by atoms with Crippen molar-refractivity contribution in [1.82, 2.24) is 10.1 Å². The molecule has 0 aliphatic heterocycles. The molecule has 2 rings (SSSR count). The Kier molecular flexibility index (Phi) is 2.87. The number of pyridine rings is 1. The fourth-order valence-corrected chi connectivity index (χ4v) is 1.29. The summed E-state index contributed by atoms with van der Waals surface area (Å²) >= 11 is 5.74. The van der Waals surface area contributed by atoms with Crippen LogP contribution in [0.5, 0.6) is 0 Å². The van der Waals surface area contributed by atoms with Crippen LogP contribution in [0.25, 0.3) is 0 Å². The number of carbonyl (C=O) groups excluding carboxylic acids is 1. The number of aryl methyl sites for hydroxylation is 1. The van der Waals surface area contributed by atoms with Gasteiger partial charge in [-0.05, 0) is 19.1 Å². The fourth-order valence-electron chi connectivity index (χ4n) is 1.13. The lowest BCUT2D eigenvalue weighted by Gasteiger charge is -1.99. The summed E-state index contributed by atoms with van der Waals surface area (Å²) in [6, 6.07) is 4.68. The maximum absolute atomic E-state index is 11.7. The van der Waals surface area contributed by atoms with Crippen LogP contribution in [0.2, 0.25) is 5.02 Å². The second-order valence-corrected chi connectivity index (χ2v) is 3.58. The van der Waals surface area contributed by atoms with E-state index in [0.717, 1.165) is 0 Å². The minimum absolute atomic E-state index is 0.224. The summed E-state index contributed by atoms with van der Waals surface area (Å²) < 4.78 is 4.84. The Morgan fingerprint density at radius 2 is 2.31 bits per heavy atom. The Morgan fingerprint density at radius 3 is 2.94 bits per heavy atom. The van der Waals surface area contributed by atoms with Crippen LogP contribution >= 0.6 is 11.6 Å². The van der Waals surface area contributed by atoms with Crippen molar-refractivity contribution in [3.63, 3.8) is 0 Å². The summed E-state index contributed by atoms with van der Waals surface area (Å²) in [6.45, 7) is 1.76. The molecule has 1 N–H and O–H groups in total. The zero-order valence-electron chi connectivity index (χ0n) is 8.40. The van der Waals surface area contributed by atoms with E-state index < -0.39 is 5.91 Å². The summed E-state index contributed by atoms with van der Waals surface area (Å²) in [5.41, 5.74) is 0.913. The van der Waals surface area contributed by atoms with Gasteiger partial charge < -0.3 is 4.52 Å². The molecule has 2 aromatic heterocycles. The predicted octanol–water partition coefficient (Wildman–Crippen LogP) is 2.28. The summed E-state index contributed by atoms with van der Waals surface area (Å²) in [6.07, 6.45) is 1.46. The minimum Gasteiger partial charge on any atom is -0.338 e. The van der Waals surface area contributed by atoms with Crippen molar-refractivity contribution in [2.75, 3.05) is 5.32 Å². The van der Waals surface area contributed by atoms with Gasteiger partial charge in [0, 0.05) is 17.3 Å². The van der Waals surface area contributed by atoms with Crippen LogP contribution in [-0.4, -0.2) is 16.0 Å². The van der Waals surface area contributed by atoms with E-state index in [2.05, 4.69) is 15.5 Å². The third kappa shape index (κ3) is 2.38. The molecule has 2 heterocycles. The molecule has 82 valence electrons. The van der Waals surface area contributed by atoms with Crippen molar-refractivity contribution in [1.29, 1.82) is 0 Å². The van der Waals surface area contributed by atoms with Gasteiger partial charge in [-0.2, -0.15) is 0 Å². The quantitative estimate of drug-likeness (QED) is 0.870. The van der Waals surface area contributed by atoms with E-state index in [-0.39, 0.29) is 11.6 Å². The lowest BCUT2D eigenvalue weighted by atomic mass is 10.3. The van der Waals surface area contributed by atoms with E-state index in [1.807, 2.05) is 0 Å². The first-order valence-corrected chi connectivity index (χ1v) is 4.89. The number of nitrogens with one attached hydrogen (secondary N) is 1. The normalized spacial score (nSPS) is 10.1. The minimum atomic E-state index is -0.390. The molecule has 1 amide bonds. The van der Waals surface area contributed by atoms with Gasteiger partial charge >= 0.3 is 0 Å². The lowest BCUT2D eigenvalue weighted by molar-refractivity contribution is 0.101. The van der Waals surface area contributed by atoms with Gasteiger partial charge in [0.1, 0.15) is 5.69 Å². The van der Waals surface area contributed by atoms with Gasteiger partial charge in [0.15, 0.2) is 0 Å². The molecule has 0 bridgehead atoms. The van der Waals surface area contributed by atoms with E-state index >= 15 is 0 Å². The number of amides is 1. The molecule has 0 aromatic carbocycles. The highest BCUT2D eigenvalue weighted by Gasteiger charge is 2.10. The Bertz CT molecular complexity index is 524. The molecular formula is C10H8ClN3O2. The van der Waals surface area contributed by atoms with Gasteiger partial charge in [0.2, 0.25) is 5.88 Å². The molecule has 2 aromatic rings. The second kappa shape index (κ2) is 4.32. The van der Waals surface area contributed by atoms with Crippen LogP contribution in [-0.2, 0) is 0 Å². The highest BCUT2D eigenvalue weighted by atomic mass is 35.5. The van der Waals surface area contributed by atoms with Crippen molar-refractivity contribution < 1.29 is 9.32 Å². The summed E-state index contributed by atoms with van der Waals surface area (Å²) in [4.78, 5) is 15.5. The topological polar surface area (TPSA) is 68.0 Å². The van der Waals surface area contributed by atoms with Crippen LogP contribution in [0, 0.1) is 6.92 Å². The highest BCUT2D eigenvalue weighted by molar-refractivity contribution is 6.30. The Balaban J connectivity index is 2.14. The maximum atomic E-state index is 11.7. The molecule has 16 heavy (non-hydrogen) atoms. The number of carbonyl (C=O) groups is 1. The molecule has 0 aliphatic carbocycles. The van der Waals surface area contributed by atoms with Crippen molar-refractivity contribution in [2.45, 2.75) is 6.92 Å². The lowest BCUT2D eigenvalue weighted by Crippen LogP contribution is -2.12. The number of hydrogen-bond donors (Lipinski definition) is 1. The first kappa shape index (κ1) is 10.6. The molecule has 0 radical (unpaired) electrons. The van der Waals surface area contributed by atoms with Gasteiger partial charge in [-0.15, -0.1) is 0 Å². The molecule has 0 spiro atoms. The highest BCUT2D eigenvalue weighted by Crippen LogP contribution is 2.12. The van der Waals surface area contributed by atoms with E-state index in [9.17, 15) is 4.79 Å². The average Bonchev–Trinajstić information content (AvgIpc) is 2.64. The molecule has 0 saturated heterocycles. The zero-order valence-corrected chi connectivity index (χ0v) is 9.15. The molecule has 5 nitrogen and oxygen atoms in total. The van der Waals surface area contributed by atoms with Gasteiger partial charge in [-0.1, -0.05) is 16.8 Å². The zero-order chi connectivity index (χ0) is 11.5. The number of rotatable bonds is 2. The van der Waals surface area contributed by atoms with E-state index in [4.69, 9.17) is 16.1 Å². The van der Waals surface area contributed by atoms with Crippen LogP contribution in [0.3, 0.4) is 0 Å². The van der Waals surface area contributed by atoms with Crippen molar-refractivity contribution in [2.24, 2.45) is 0 Å². The first-order chi connectivity index (χ1) is 7.65. The van der Waals surface area contributed by atoms with Gasteiger partial charge in [-0.3, -0.25) is 15.1 Å². The number of halogens is 1. The molecule has 0 aliphatic rings. The van der Waals surface area contributed by atoms with Crippen LogP contribution in [0.4, 0.5) is 5.88 Å². The summed E-state index contributed by atoms with van der Waals surface area (Å²) in [5.74, 6) is -0.108. The monoisotopic (exact) mass is 237 g/mol. The van der Waals surface area contributed by atoms with E-state index in [0.29, 0.717) is 10.7 Å². The smallest absolute Gasteiger partial charge is 0.276 e.